The van der Waals surface area contributed by atoms with E-state index in [1.54, 1.807) is 7.11 Å². The zero-order valence-corrected chi connectivity index (χ0v) is 7.86. The van der Waals surface area contributed by atoms with E-state index in [4.69, 9.17) is 14.6 Å². The molecule has 4 nitrogen and oxygen atoms in total. The van der Waals surface area contributed by atoms with Crippen LogP contribution in [0.2, 0.25) is 0 Å². The van der Waals surface area contributed by atoms with Crippen LogP contribution < -0.4 is 0 Å². The fourth-order valence-electron chi connectivity index (χ4n) is 1.63. The Hall–Kier alpha value is -0.450. The normalized spacial score (nSPS) is 29.2. The molecule has 0 aromatic carbocycles. The van der Waals surface area contributed by atoms with Gasteiger partial charge in [0.1, 0.15) is 12.6 Å². The van der Waals surface area contributed by atoms with Gasteiger partial charge in [0, 0.05) is 26.6 Å². The van der Waals surface area contributed by atoms with Crippen molar-refractivity contribution in [2.45, 2.75) is 25.4 Å². The zero-order valence-electron chi connectivity index (χ0n) is 7.86. The number of hydrogen-bond acceptors (Lipinski definition) is 4. The van der Waals surface area contributed by atoms with E-state index in [-0.39, 0.29) is 31.2 Å². The van der Waals surface area contributed by atoms with Gasteiger partial charge in [-0.15, -0.1) is 0 Å². The summed E-state index contributed by atoms with van der Waals surface area (Å²) in [6.45, 7) is 0.286. The van der Waals surface area contributed by atoms with Crippen molar-refractivity contribution in [3.05, 3.63) is 0 Å². The number of Topliss-reactive ketones (excluding diaryl/α,β-unsaturated/α-hetero) is 1. The van der Waals surface area contributed by atoms with E-state index in [9.17, 15) is 4.79 Å². The minimum absolute atomic E-state index is 0.0680. The molecule has 0 bridgehead atoms. The Morgan fingerprint density at radius 3 is 2.92 bits per heavy atom. The average molecular weight is 188 g/mol. The number of carbonyl (C=O) groups excluding carboxylic acids is 1. The molecular weight excluding hydrogens is 172 g/mol. The highest BCUT2D eigenvalue weighted by Gasteiger charge is 2.27. The fraction of sp³-hybridized carbons (Fsp3) is 0.889. The Bertz CT molecular complexity index is 169. The number of carbonyl (C=O) groups is 1. The van der Waals surface area contributed by atoms with Crippen molar-refractivity contribution < 1.29 is 19.4 Å². The maximum atomic E-state index is 11.2. The summed E-state index contributed by atoms with van der Waals surface area (Å²) in [6.07, 6.45) is 1.63. The van der Waals surface area contributed by atoms with Crippen molar-refractivity contribution >= 4 is 5.78 Å². The molecule has 0 radical (unpaired) electrons. The van der Waals surface area contributed by atoms with E-state index in [1.165, 1.54) is 0 Å². The topological polar surface area (TPSA) is 55.8 Å². The number of rotatable bonds is 4. The van der Waals surface area contributed by atoms with Crippen LogP contribution in [0.4, 0.5) is 0 Å². The predicted molar refractivity (Wildman–Crippen MR) is 46.2 cm³/mol. The second-order valence-electron chi connectivity index (χ2n) is 3.43. The highest BCUT2D eigenvalue weighted by Crippen LogP contribution is 2.23. The summed E-state index contributed by atoms with van der Waals surface area (Å²) in [5.74, 6) is 0.245. The Morgan fingerprint density at radius 2 is 2.31 bits per heavy atom. The molecule has 13 heavy (non-hydrogen) atoms. The second-order valence-corrected chi connectivity index (χ2v) is 3.43. The molecule has 0 aromatic rings. The van der Waals surface area contributed by atoms with Crippen LogP contribution in [0.3, 0.4) is 0 Å². The maximum Gasteiger partial charge on any atom is 0.146 e. The Labute approximate surface area is 77.8 Å². The first kappa shape index (κ1) is 10.6. The van der Waals surface area contributed by atoms with Gasteiger partial charge >= 0.3 is 0 Å². The molecule has 76 valence electrons. The van der Waals surface area contributed by atoms with E-state index in [1.807, 2.05) is 0 Å². The van der Waals surface area contributed by atoms with Gasteiger partial charge in [0.05, 0.1) is 6.10 Å². The average Bonchev–Trinajstić information content (AvgIpc) is 2.14. The van der Waals surface area contributed by atoms with Crippen molar-refractivity contribution in [3.63, 3.8) is 0 Å². The molecule has 0 heterocycles. The third-order valence-corrected chi connectivity index (χ3v) is 2.25. The molecule has 1 aliphatic rings. The van der Waals surface area contributed by atoms with Crippen LogP contribution in [-0.2, 0) is 14.3 Å². The number of methoxy groups -OCH3 is 1. The standard InChI is InChI=1S/C9H16O4/c1-12-6-13-9-3-7(5-10)2-8(11)4-9/h7,9-10H,2-6H2,1H3. The highest BCUT2D eigenvalue weighted by molar-refractivity contribution is 5.79. The van der Waals surface area contributed by atoms with Gasteiger partial charge in [-0.3, -0.25) is 4.79 Å². The van der Waals surface area contributed by atoms with Gasteiger partial charge in [0.15, 0.2) is 0 Å². The smallest absolute Gasteiger partial charge is 0.146 e. The number of aliphatic hydroxyl groups is 1. The second kappa shape index (κ2) is 5.32. The molecular formula is C9H16O4. The van der Waals surface area contributed by atoms with Gasteiger partial charge in [-0.25, -0.2) is 0 Å². The molecule has 0 aliphatic heterocycles. The molecule has 2 unspecified atom stereocenters. The lowest BCUT2D eigenvalue weighted by molar-refractivity contribution is -0.134. The SMILES string of the molecule is COCOC1CC(=O)CC(CO)C1. The third kappa shape index (κ3) is 3.42. The molecule has 0 aromatic heterocycles. The molecule has 1 aliphatic carbocycles. The summed E-state index contributed by atoms with van der Waals surface area (Å²) in [7, 11) is 1.55. The van der Waals surface area contributed by atoms with Gasteiger partial charge in [0.2, 0.25) is 0 Å². The lowest BCUT2D eigenvalue weighted by Crippen LogP contribution is -2.30. The van der Waals surface area contributed by atoms with Crippen LogP contribution in [-0.4, -0.2) is 37.5 Å². The van der Waals surface area contributed by atoms with E-state index in [2.05, 4.69) is 0 Å². The molecule has 1 N–H and O–H groups in total. The first-order valence-corrected chi connectivity index (χ1v) is 4.49. The van der Waals surface area contributed by atoms with E-state index >= 15 is 0 Å². The van der Waals surface area contributed by atoms with Crippen molar-refractivity contribution in [3.8, 4) is 0 Å². The van der Waals surface area contributed by atoms with Gasteiger partial charge in [-0.05, 0) is 12.3 Å². The summed E-state index contributed by atoms with van der Waals surface area (Å²) in [5.41, 5.74) is 0. The summed E-state index contributed by atoms with van der Waals surface area (Å²) in [4.78, 5) is 11.2. The summed E-state index contributed by atoms with van der Waals surface area (Å²) in [6, 6.07) is 0. The third-order valence-electron chi connectivity index (χ3n) is 2.25. The van der Waals surface area contributed by atoms with Gasteiger partial charge in [-0.2, -0.15) is 0 Å². The lowest BCUT2D eigenvalue weighted by Gasteiger charge is -2.26. The Morgan fingerprint density at radius 1 is 1.54 bits per heavy atom. The molecule has 0 amide bonds. The van der Waals surface area contributed by atoms with Crippen molar-refractivity contribution in [2.75, 3.05) is 20.5 Å². The monoisotopic (exact) mass is 188 g/mol. The fourth-order valence-corrected chi connectivity index (χ4v) is 1.63. The molecule has 1 saturated carbocycles. The van der Waals surface area contributed by atoms with Crippen LogP contribution >= 0.6 is 0 Å². The first-order chi connectivity index (χ1) is 6.26. The van der Waals surface area contributed by atoms with Gasteiger partial charge in [0.25, 0.3) is 0 Å². The Balaban J connectivity index is 2.33. The highest BCUT2D eigenvalue weighted by atomic mass is 16.7. The van der Waals surface area contributed by atoms with Gasteiger partial charge < -0.3 is 14.6 Å². The van der Waals surface area contributed by atoms with Crippen LogP contribution in [0.1, 0.15) is 19.3 Å². The summed E-state index contributed by atoms with van der Waals surface area (Å²) in [5, 5.41) is 8.91. The van der Waals surface area contributed by atoms with Crippen LogP contribution in [0, 0.1) is 5.92 Å². The number of aliphatic hydroxyl groups excluding tert-OH is 1. The molecule has 0 spiro atoms. The molecule has 4 heteroatoms. The van der Waals surface area contributed by atoms with Gasteiger partial charge in [-0.1, -0.05) is 0 Å². The van der Waals surface area contributed by atoms with Crippen molar-refractivity contribution in [1.29, 1.82) is 0 Å². The van der Waals surface area contributed by atoms with Crippen LogP contribution in [0.5, 0.6) is 0 Å². The quantitative estimate of drug-likeness (QED) is 0.646. The largest absolute Gasteiger partial charge is 0.396 e. The van der Waals surface area contributed by atoms with Crippen molar-refractivity contribution in [1.82, 2.24) is 0 Å². The lowest BCUT2D eigenvalue weighted by atomic mass is 9.87. The minimum atomic E-state index is -0.0710. The van der Waals surface area contributed by atoms with Crippen LogP contribution in [0.25, 0.3) is 0 Å². The molecule has 2 atom stereocenters. The zero-order chi connectivity index (χ0) is 9.68. The van der Waals surface area contributed by atoms with Crippen molar-refractivity contribution in [2.24, 2.45) is 5.92 Å². The number of ether oxygens (including phenoxy) is 2. The first-order valence-electron chi connectivity index (χ1n) is 4.49. The van der Waals surface area contributed by atoms with Crippen LogP contribution in [0.15, 0.2) is 0 Å². The maximum absolute atomic E-state index is 11.2. The van der Waals surface area contributed by atoms with E-state index in [0.29, 0.717) is 12.8 Å². The molecule has 1 fully saturated rings. The number of ketones is 1. The summed E-state index contributed by atoms with van der Waals surface area (Å²) >= 11 is 0. The number of hydrogen-bond donors (Lipinski definition) is 1. The Kier molecular flexibility index (Phi) is 4.35. The molecule has 0 saturated heterocycles. The predicted octanol–water partition coefficient (Wildman–Crippen LogP) is 0.337. The molecule has 1 rings (SSSR count). The van der Waals surface area contributed by atoms with E-state index < -0.39 is 0 Å². The minimum Gasteiger partial charge on any atom is -0.396 e. The summed E-state index contributed by atoms with van der Waals surface area (Å²) < 4.78 is 10.0. The van der Waals surface area contributed by atoms with E-state index in [0.717, 1.165) is 6.42 Å².